The second kappa shape index (κ2) is 74.5. The maximum Gasteiger partial charge on any atom is 0.472 e. The molecule has 0 radical (unpaired) electrons. The van der Waals surface area contributed by atoms with Crippen LogP contribution in [-0.2, 0) is 65.4 Å². The van der Waals surface area contributed by atoms with Gasteiger partial charge in [0.05, 0.1) is 26.4 Å². The number of rotatable bonds is 82. The summed E-state index contributed by atoms with van der Waals surface area (Å²) in [6.45, 7) is 9.65. The molecule has 0 aromatic heterocycles. The molecule has 0 aromatic carbocycles. The predicted molar refractivity (Wildman–Crippen MR) is 418 cm³/mol. The van der Waals surface area contributed by atoms with Gasteiger partial charge < -0.3 is 33.8 Å². The number of carbonyl (C=O) groups is 4. The average molecular weight is 1490 g/mol. The number of hydrogen-bond donors (Lipinski definition) is 3. The normalized spacial score (nSPS) is 13.9. The van der Waals surface area contributed by atoms with Crippen molar-refractivity contribution in [3.63, 3.8) is 0 Å². The number of esters is 4. The highest BCUT2D eigenvalue weighted by atomic mass is 31.2. The van der Waals surface area contributed by atoms with Crippen molar-refractivity contribution in [1.82, 2.24) is 0 Å². The first-order valence-corrected chi connectivity index (χ1v) is 46.0. The van der Waals surface area contributed by atoms with Crippen LogP contribution < -0.4 is 0 Å². The predicted octanol–water partition coefficient (Wildman–Crippen LogP) is 25.1. The third kappa shape index (κ3) is 76.3. The minimum Gasteiger partial charge on any atom is -0.462 e. The maximum absolute atomic E-state index is 13.1. The van der Waals surface area contributed by atoms with Gasteiger partial charge in [-0.2, -0.15) is 0 Å². The number of hydrogen-bond acceptors (Lipinski definition) is 15. The fraction of sp³-hybridized carbons (Fsp3) is 0.952. The van der Waals surface area contributed by atoms with Crippen molar-refractivity contribution in [3.05, 3.63) is 0 Å². The van der Waals surface area contributed by atoms with Gasteiger partial charge >= 0.3 is 39.5 Å². The first-order chi connectivity index (χ1) is 49.4. The molecule has 0 rings (SSSR count). The molecule has 2 unspecified atom stereocenters. The smallest absolute Gasteiger partial charge is 0.462 e. The summed E-state index contributed by atoms with van der Waals surface area (Å²) in [6.07, 6.45) is 65.3. The van der Waals surface area contributed by atoms with Gasteiger partial charge in [0, 0.05) is 25.7 Å². The summed E-state index contributed by atoms with van der Waals surface area (Å²) in [5.74, 6) is -0.551. The van der Waals surface area contributed by atoms with Crippen molar-refractivity contribution >= 4 is 39.5 Å². The molecule has 0 bridgehead atoms. The molecule has 0 spiro atoms. The van der Waals surface area contributed by atoms with E-state index in [1.807, 2.05) is 0 Å². The molecule has 0 saturated carbocycles. The molecule has 102 heavy (non-hydrogen) atoms. The lowest BCUT2D eigenvalue weighted by Crippen LogP contribution is -2.30. The Morgan fingerprint density at radius 2 is 0.451 bits per heavy atom. The summed E-state index contributed by atoms with van der Waals surface area (Å²) in [5, 5.41) is 10.6. The lowest BCUT2D eigenvalue weighted by atomic mass is 10.0. The van der Waals surface area contributed by atoms with E-state index in [9.17, 15) is 43.2 Å². The minimum absolute atomic E-state index is 0.107. The highest BCUT2D eigenvalue weighted by molar-refractivity contribution is 7.47. The van der Waals surface area contributed by atoms with Crippen LogP contribution >= 0.6 is 15.6 Å². The van der Waals surface area contributed by atoms with Crippen LogP contribution in [0.25, 0.3) is 0 Å². The standard InChI is InChI=1S/C83H162O17P2/c1-7-9-11-13-15-17-19-20-21-22-23-24-25-26-27-28-31-37-43-49-55-61-67-82(87)99-79(72-94-81(86)66-60-54-48-42-36-32-29-30-34-39-45-51-57-63-75(3)4)74-98-102(91,92)96-70-77(84)69-95-101(89,90)97-73-78(71-93-80(85)65-59-53-47-41-18-16-14-12-10-8-2)100-83(88)68-62-56-50-44-38-33-35-40-46-52-58-64-76(5)6/h75-79,84H,7-74H2,1-6H3,(H,89,90)(H,91,92)/t77-,78+,79+/m0/s1. The fourth-order valence-corrected chi connectivity index (χ4v) is 14.5. The van der Waals surface area contributed by atoms with Gasteiger partial charge in [-0.05, 0) is 37.5 Å². The Bertz CT molecular complexity index is 1960. The zero-order valence-corrected chi connectivity index (χ0v) is 68.7. The van der Waals surface area contributed by atoms with E-state index in [1.54, 1.807) is 0 Å². The number of aliphatic hydroxyl groups excluding tert-OH is 1. The fourth-order valence-electron chi connectivity index (χ4n) is 12.9. The highest BCUT2D eigenvalue weighted by Gasteiger charge is 2.30. The largest absolute Gasteiger partial charge is 0.472 e. The van der Waals surface area contributed by atoms with Crippen LogP contribution in [0, 0.1) is 11.8 Å². The minimum atomic E-state index is -4.96. The monoisotopic (exact) mass is 1490 g/mol. The Balaban J connectivity index is 5.21. The van der Waals surface area contributed by atoms with E-state index >= 15 is 0 Å². The SMILES string of the molecule is CCCCCCCCCCCCCCCCCCCCCCCCC(=O)O[C@H](COC(=O)CCCCCCCCCCCCCCCC(C)C)COP(=O)(O)OC[C@@H](O)COP(=O)(O)OC[C@@H](COC(=O)CCCCCCCCCCCC)OC(=O)CCCCCCCCCCCCCC(C)C. The molecule has 0 saturated heterocycles. The number of ether oxygens (including phenoxy) is 4. The van der Waals surface area contributed by atoms with Crippen LogP contribution in [0.4, 0.5) is 0 Å². The van der Waals surface area contributed by atoms with Crippen molar-refractivity contribution in [2.75, 3.05) is 39.6 Å². The quantitative estimate of drug-likeness (QED) is 0.0222. The van der Waals surface area contributed by atoms with Crippen LogP contribution in [0.2, 0.25) is 0 Å². The molecule has 3 N–H and O–H groups in total. The Kier molecular flexibility index (Phi) is 73.1. The molecule has 0 fully saturated rings. The van der Waals surface area contributed by atoms with Crippen molar-refractivity contribution in [1.29, 1.82) is 0 Å². The Labute approximate surface area is 626 Å². The van der Waals surface area contributed by atoms with Crippen molar-refractivity contribution in [2.24, 2.45) is 11.8 Å². The topological polar surface area (TPSA) is 237 Å². The number of phosphoric acid groups is 2. The maximum atomic E-state index is 13.1. The van der Waals surface area contributed by atoms with Gasteiger partial charge in [-0.15, -0.1) is 0 Å². The molecule has 0 aromatic rings. The van der Waals surface area contributed by atoms with Crippen molar-refractivity contribution < 1.29 is 80.2 Å². The van der Waals surface area contributed by atoms with E-state index in [0.29, 0.717) is 25.7 Å². The number of unbranched alkanes of at least 4 members (excludes halogenated alkanes) is 52. The summed E-state index contributed by atoms with van der Waals surface area (Å²) in [4.78, 5) is 73.1. The van der Waals surface area contributed by atoms with Gasteiger partial charge in [-0.25, -0.2) is 9.13 Å². The first-order valence-electron chi connectivity index (χ1n) is 43.0. The Hall–Kier alpha value is -1.94. The third-order valence-corrected chi connectivity index (χ3v) is 21.4. The first kappa shape index (κ1) is 100. The molecular formula is C83H162O17P2. The van der Waals surface area contributed by atoms with Crippen molar-refractivity contribution in [3.8, 4) is 0 Å². The number of aliphatic hydroxyl groups is 1. The zero-order valence-electron chi connectivity index (χ0n) is 66.9. The lowest BCUT2D eigenvalue weighted by Gasteiger charge is -2.21. The number of carbonyl (C=O) groups excluding carboxylic acids is 4. The van der Waals surface area contributed by atoms with Crippen molar-refractivity contribution in [2.45, 2.75) is 458 Å². The van der Waals surface area contributed by atoms with Crippen LogP contribution in [0.15, 0.2) is 0 Å². The van der Waals surface area contributed by atoms with Gasteiger partial charge in [-0.3, -0.25) is 37.3 Å². The zero-order chi connectivity index (χ0) is 74.9. The summed E-state index contributed by atoms with van der Waals surface area (Å²) in [5.41, 5.74) is 0. The van der Waals surface area contributed by atoms with Gasteiger partial charge in [-0.1, -0.05) is 388 Å². The van der Waals surface area contributed by atoms with Crippen LogP contribution in [0.1, 0.15) is 440 Å². The molecule has 19 heteroatoms. The summed E-state index contributed by atoms with van der Waals surface area (Å²) in [7, 11) is -9.92. The lowest BCUT2D eigenvalue weighted by molar-refractivity contribution is -0.161. The van der Waals surface area contributed by atoms with Gasteiger partial charge in [0.15, 0.2) is 12.2 Å². The molecule has 0 aliphatic rings. The van der Waals surface area contributed by atoms with Gasteiger partial charge in [0.2, 0.25) is 0 Å². The average Bonchev–Trinajstić information content (AvgIpc) is 0.927. The number of phosphoric ester groups is 2. The molecule has 17 nitrogen and oxygen atoms in total. The van der Waals surface area contributed by atoms with E-state index in [2.05, 4.69) is 41.5 Å². The van der Waals surface area contributed by atoms with Crippen LogP contribution in [-0.4, -0.2) is 96.7 Å². The Morgan fingerprint density at radius 1 is 0.265 bits per heavy atom. The highest BCUT2D eigenvalue weighted by Crippen LogP contribution is 2.45. The molecule has 606 valence electrons. The van der Waals surface area contributed by atoms with E-state index in [4.69, 9.17) is 37.0 Å². The molecule has 0 amide bonds. The molecule has 5 atom stereocenters. The van der Waals surface area contributed by atoms with Gasteiger partial charge in [0.25, 0.3) is 0 Å². The molecular weight excluding hydrogens is 1330 g/mol. The molecule has 0 aliphatic heterocycles. The second-order valence-electron chi connectivity index (χ2n) is 30.8. The molecule has 0 heterocycles. The summed E-state index contributed by atoms with van der Waals surface area (Å²) < 4.78 is 68.8. The Morgan fingerprint density at radius 3 is 0.667 bits per heavy atom. The van der Waals surface area contributed by atoms with E-state index in [1.165, 1.54) is 257 Å². The van der Waals surface area contributed by atoms with E-state index in [0.717, 1.165) is 102 Å². The summed E-state index contributed by atoms with van der Waals surface area (Å²) in [6, 6.07) is 0. The van der Waals surface area contributed by atoms with Gasteiger partial charge in [0.1, 0.15) is 19.3 Å². The summed E-state index contributed by atoms with van der Waals surface area (Å²) >= 11 is 0. The van der Waals surface area contributed by atoms with Crippen LogP contribution in [0.3, 0.4) is 0 Å². The van der Waals surface area contributed by atoms with Crippen LogP contribution in [0.5, 0.6) is 0 Å². The van der Waals surface area contributed by atoms with E-state index in [-0.39, 0.29) is 25.7 Å². The third-order valence-electron chi connectivity index (χ3n) is 19.5. The van der Waals surface area contributed by atoms with E-state index < -0.39 is 97.5 Å². The second-order valence-corrected chi connectivity index (χ2v) is 33.7. The molecule has 0 aliphatic carbocycles.